The zero-order valence-corrected chi connectivity index (χ0v) is 26.7. The number of alkyl halides is 3. The van der Waals surface area contributed by atoms with E-state index in [2.05, 4.69) is 20.4 Å². The molecule has 0 spiro atoms. The maximum atomic E-state index is 15.8. The Morgan fingerprint density at radius 3 is 2.46 bits per heavy atom. The number of ether oxygens (including phenoxy) is 3. The number of alkyl carbamates (subject to hydrolysis) is 1. The average Bonchev–Trinajstić information content (AvgIpc) is 3.70. The molecule has 3 heterocycles. The lowest BCUT2D eigenvalue weighted by atomic mass is 10.1. The predicted molar refractivity (Wildman–Crippen MR) is 167 cm³/mol. The van der Waals surface area contributed by atoms with Crippen LogP contribution in [0.4, 0.5) is 33.7 Å². The Bertz CT molecular complexity index is 1780. The molecule has 3 aromatic rings. The molecule has 6 rings (SSSR count). The van der Waals surface area contributed by atoms with Gasteiger partial charge in [0, 0.05) is 26.2 Å². The van der Waals surface area contributed by atoms with Gasteiger partial charge in [0.2, 0.25) is 5.91 Å². The zero-order valence-electron chi connectivity index (χ0n) is 26.7. The van der Waals surface area contributed by atoms with Gasteiger partial charge in [0.25, 0.3) is 5.56 Å². The van der Waals surface area contributed by atoms with Gasteiger partial charge in [0.05, 0.1) is 41.7 Å². The minimum Gasteiger partial charge on any atom is -0.444 e. The van der Waals surface area contributed by atoms with Crippen molar-refractivity contribution >= 4 is 34.3 Å². The zero-order chi connectivity index (χ0) is 34.4. The van der Waals surface area contributed by atoms with Crippen LogP contribution in [0.1, 0.15) is 40.0 Å². The Morgan fingerprint density at radius 2 is 1.79 bits per heavy atom. The minimum absolute atomic E-state index is 0.0631. The Hall–Kier alpha value is -4.44. The number of hydrogen-bond donors (Lipinski definition) is 2. The van der Waals surface area contributed by atoms with E-state index in [1.807, 2.05) is 4.90 Å². The number of nitrogens with zero attached hydrogens (tertiary/aromatic N) is 4. The minimum atomic E-state index is -5.04. The SMILES string of the molecule is CC(C)(C)OC(=O)N[C@@H]1CCN(c2ccc3c(=O)n(-c4ccc(OC(F)(F)F)c(NC(=O)C5(N6CCOCC6)CC5)c4)cnc3c2F)C1. The highest BCUT2D eigenvalue weighted by molar-refractivity contribution is 6.01. The summed E-state index contributed by atoms with van der Waals surface area (Å²) in [6, 6.07) is 6.01. The first-order chi connectivity index (χ1) is 22.6. The van der Waals surface area contributed by atoms with Gasteiger partial charge >= 0.3 is 12.5 Å². The van der Waals surface area contributed by atoms with Crippen LogP contribution in [0.3, 0.4) is 0 Å². The van der Waals surface area contributed by atoms with Crippen molar-refractivity contribution in [1.29, 1.82) is 0 Å². The van der Waals surface area contributed by atoms with E-state index >= 15 is 4.39 Å². The molecule has 3 fully saturated rings. The second-order valence-corrected chi connectivity index (χ2v) is 13.1. The van der Waals surface area contributed by atoms with Gasteiger partial charge < -0.3 is 29.7 Å². The molecule has 2 aromatic carbocycles. The molecular weight excluding hydrogens is 640 g/mol. The lowest BCUT2D eigenvalue weighted by Crippen LogP contribution is -2.51. The highest BCUT2D eigenvalue weighted by Gasteiger charge is 2.54. The van der Waals surface area contributed by atoms with Crippen LogP contribution in [-0.4, -0.2) is 89.4 Å². The first-order valence-corrected chi connectivity index (χ1v) is 15.6. The lowest BCUT2D eigenvalue weighted by Gasteiger charge is -2.34. The van der Waals surface area contributed by atoms with E-state index in [0.29, 0.717) is 58.7 Å². The summed E-state index contributed by atoms with van der Waals surface area (Å²) in [6.45, 7) is 7.92. The first kappa shape index (κ1) is 33.5. The molecule has 0 radical (unpaired) electrons. The second-order valence-electron chi connectivity index (χ2n) is 13.1. The number of anilines is 2. The van der Waals surface area contributed by atoms with E-state index in [4.69, 9.17) is 9.47 Å². The van der Waals surface area contributed by atoms with E-state index in [1.165, 1.54) is 24.3 Å². The molecule has 1 aliphatic carbocycles. The van der Waals surface area contributed by atoms with Gasteiger partial charge in [-0.15, -0.1) is 13.2 Å². The van der Waals surface area contributed by atoms with Gasteiger partial charge in [0.1, 0.15) is 23.0 Å². The number of aromatic nitrogens is 2. The number of carbonyl (C=O) groups is 2. The molecule has 1 saturated carbocycles. The van der Waals surface area contributed by atoms with Gasteiger partial charge in [-0.1, -0.05) is 0 Å². The quantitative estimate of drug-likeness (QED) is 0.352. The Kier molecular flexibility index (Phi) is 8.74. The van der Waals surface area contributed by atoms with E-state index in [1.54, 1.807) is 25.7 Å². The highest BCUT2D eigenvalue weighted by Crippen LogP contribution is 2.44. The molecule has 3 aliphatic rings. The Balaban J connectivity index is 1.26. The maximum absolute atomic E-state index is 15.8. The number of nitrogens with one attached hydrogen (secondary N) is 2. The molecule has 0 unspecified atom stereocenters. The normalized spacial score (nSPS) is 19.6. The molecule has 12 nitrogen and oxygen atoms in total. The fourth-order valence-corrected chi connectivity index (χ4v) is 6.16. The molecule has 2 N–H and O–H groups in total. The van der Waals surface area contributed by atoms with Gasteiger partial charge in [-0.3, -0.25) is 19.1 Å². The number of hydrogen-bond acceptors (Lipinski definition) is 9. The molecule has 0 bridgehead atoms. The van der Waals surface area contributed by atoms with Crippen LogP contribution in [0.25, 0.3) is 16.6 Å². The largest absolute Gasteiger partial charge is 0.573 e. The van der Waals surface area contributed by atoms with Crippen LogP contribution in [0.2, 0.25) is 0 Å². The second kappa shape index (κ2) is 12.5. The molecule has 258 valence electrons. The van der Waals surface area contributed by atoms with E-state index in [9.17, 15) is 27.6 Å². The van der Waals surface area contributed by atoms with Gasteiger partial charge in [-0.2, -0.15) is 0 Å². The number of halogens is 4. The number of amides is 2. The summed E-state index contributed by atoms with van der Waals surface area (Å²) in [5.74, 6) is -1.87. The monoisotopic (exact) mass is 676 g/mol. The third-order valence-corrected chi connectivity index (χ3v) is 8.57. The fourth-order valence-electron chi connectivity index (χ4n) is 6.16. The molecule has 1 aromatic heterocycles. The summed E-state index contributed by atoms with van der Waals surface area (Å²) in [6.07, 6.45) is -2.91. The van der Waals surface area contributed by atoms with Crippen LogP contribution < -0.4 is 25.8 Å². The van der Waals surface area contributed by atoms with Crippen LogP contribution in [0, 0.1) is 5.82 Å². The fraction of sp³-hybridized carbons (Fsp3) is 0.500. The molecule has 2 aliphatic heterocycles. The molecule has 1 atom stereocenters. The first-order valence-electron chi connectivity index (χ1n) is 15.6. The van der Waals surface area contributed by atoms with Crippen molar-refractivity contribution in [2.24, 2.45) is 0 Å². The number of carbonyl (C=O) groups excluding carboxylic acids is 2. The van der Waals surface area contributed by atoms with Crippen molar-refractivity contribution < 1.29 is 41.4 Å². The van der Waals surface area contributed by atoms with Crippen LogP contribution in [0.15, 0.2) is 41.5 Å². The van der Waals surface area contributed by atoms with Crippen molar-refractivity contribution in [1.82, 2.24) is 19.8 Å². The summed E-state index contributed by atoms with van der Waals surface area (Å²) in [5.41, 5.74) is -2.40. The lowest BCUT2D eigenvalue weighted by molar-refractivity contribution is -0.274. The van der Waals surface area contributed by atoms with Crippen molar-refractivity contribution in [3.63, 3.8) is 0 Å². The molecule has 2 saturated heterocycles. The van der Waals surface area contributed by atoms with Crippen LogP contribution in [0.5, 0.6) is 5.75 Å². The standard InChI is InChI=1S/C32H36F4N6O6/c1-30(2,3)48-29(45)38-19-8-11-40(17-19)23-6-5-21-26(25(23)33)37-18-42(27(21)43)20-4-7-24(47-32(34,35)36)22(16-20)39-28(44)31(9-10-31)41-12-14-46-15-13-41/h4-7,16,18-19H,8-15,17H2,1-3H3,(H,38,45)(H,39,44)/t19-/m1/s1. The Morgan fingerprint density at radius 1 is 1.06 bits per heavy atom. The third-order valence-electron chi connectivity index (χ3n) is 8.57. The number of rotatable bonds is 7. The summed E-state index contributed by atoms with van der Waals surface area (Å²) >= 11 is 0. The summed E-state index contributed by atoms with van der Waals surface area (Å²) in [5, 5.41) is 5.32. The molecule has 16 heteroatoms. The topological polar surface area (TPSA) is 127 Å². The van der Waals surface area contributed by atoms with Crippen molar-refractivity contribution in [3.8, 4) is 11.4 Å². The summed E-state index contributed by atoms with van der Waals surface area (Å²) in [7, 11) is 0. The van der Waals surface area contributed by atoms with Gasteiger partial charge in [-0.05, 0) is 70.4 Å². The molecular formula is C32H36F4N6O6. The number of benzene rings is 2. The highest BCUT2D eigenvalue weighted by atomic mass is 19.4. The smallest absolute Gasteiger partial charge is 0.444 e. The van der Waals surface area contributed by atoms with Crippen LogP contribution in [-0.2, 0) is 14.3 Å². The van der Waals surface area contributed by atoms with E-state index in [0.717, 1.165) is 17.0 Å². The van der Waals surface area contributed by atoms with Gasteiger partial charge in [0.15, 0.2) is 11.6 Å². The summed E-state index contributed by atoms with van der Waals surface area (Å²) in [4.78, 5) is 47.1. The predicted octanol–water partition coefficient (Wildman–Crippen LogP) is 4.33. The molecule has 48 heavy (non-hydrogen) atoms. The van der Waals surface area contributed by atoms with Crippen molar-refractivity contribution in [2.45, 2.75) is 63.6 Å². The van der Waals surface area contributed by atoms with Crippen LogP contribution >= 0.6 is 0 Å². The number of fused-ring (bicyclic) bond motifs is 1. The average molecular weight is 677 g/mol. The van der Waals surface area contributed by atoms with Crippen molar-refractivity contribution in [2.75, 3.05) is 49.6 Å². The Labute approximate surface area is 272 Å². The summed E-state index contributed by atoms with van der Waals surface area (Å²) < 4.78 is 71.6. The van der Waals surface area contributed by atoms with Crippen molar-refractivity contribution in [3.05, 3.63) is 52.8 Å². The molecule has 2 amide bonds. The third kappa shape index (κ3) is 7.04. The number of morpholine rings is 1. The van der Waals surface area contributed by atoms with Gasteiger partial charge in [-0.25, -0.2) is 14.2 Å². The van der Waals surface area contributed by atoms with E-state index in [-0.39, 0.29) is 34.0 Å². The maximum Gasteiger partial charge on any atom is 0.573 e. The van der Waals surface area contributed by atoms with E-state index < -0.39 is 46.6 Å².